The second-order valence-electron chi connectivity index (χ2n) is 5.56. The van der Waals surface area contributed by atoms with E-state index in [-0.39, 0.29) is 11.6 Å². The molecule has 1 atom stereocenters. The van der Waals surface area contributed by atoms with Gasteiger partial charge < -0.3 is 5.32 Å². The predicted molar refractivity (Wildman–Crippen MR) is 90.6 cm³/mol. The molecule has 1 aromatic carbocycles. The predicted octanol–water partition coefficient (Wildman–Crippen LogP) is 3.68. The third-order valence-electron chi connectivity index (χ3n) is 3.44. The number of nitrogens with one attached hydrogen (secondary N) is 2. The molecule has 0 amide bonds. The molecule has 6 heteroatoms. The Morgan fingerprint density at radius 2 is 1.95 bits per heavy atom. The molecule has 0 fully saturated rings. The van der Waals surface area contributed by atoms with Crippen LogP contribution in [0.1, 0.15) is 43.4 Å². The van der Waals surface area contributed by atoms with Crippen LogP contribution in [-0.2, 0) is 0 Å². The monoisotopic (exact) mass is 314 g/mol. The molecule has 2 N–H and O–H groups in total. The van der Waals surface area contributed by atoms with Crippen molar-refractivity contribution in [3.8, 4) is 0 Å². The molecule has 0 aliphatic rings. The van der Waals surface area contributed by atoms with E-state index in [1.807, 2.05) is 30.5 Å². The minimum atomic E-state index is -0.138. The number of thiazole rings is 1. The molecule has 0 aliphatic carbocycles. The van der Waals surface area contributed by atoms with Crippen LogP contribution in [0.15, 0.2) is 34.4 Å². The lowest BCUT2D eigenvalue weighted by Crippen LogP contribution is -2.15. The van der Waals surface area contributed by atoms with Gasteiger partial charge >= 0.3 is 0 Å². The van der Waals surface area contributed by atoms with Crippen molar-refractivity contribution in [2.75, 3.05) is 5.32 Å². The Balaban J connectivity index is 1.87. The summed E-state index contributed by atoms with van der Waals surface area (Å²) in [5, 5.41) is 6.98. The summed E-state index contributed by atoms with van der Waals surface area (Å²) in [5.41, 5.74) is 1.51. The van der Waals surface area contributed by atoms with Gasteiger partial charge in [0.1, 0.15) is 0 Å². The Hall–Kier alpha value is -2.21. The van der Waals surface area contributed by atoms with Crippen LogP contribution >= 0.6 is 11.3 Å². The van der Waals surface area contributed by atoms with Crippen LogP contribution in [0.4, 0.5) is 5.95 Å². The highest BCUT2D eigenvalue weighted by Crippen LogP contribution is 2.24. The Kier molecular flexibility index (Phi) is 3.94. The van der Waals surface area contributed by atoms with E-state index < -0.39 is 0 Å². The summed E-state index contributed by atoms with van der Waals surface area (Å²) in [5.74, 6) is 0.889. The fraction of sp³-hybridized carbons (Fsp3) is 0.312. The van der Waals surface area contributed by atoms with Gasteiger partial charge in [-0.05, 0) is 19.1 Å². The molecule has 0 saturated carbocycles. The molecular weight excluding hydrogens is 296 g/mol. The van der Waals surface area contributed by atoms with Gasteiger partial charge in [-0.2, -0.15) is 0 Å². The molecule has 114 valence electrons. The summed E-state index contributed by atoms with van der Waals surface area (Å²) >= 11 is 1.66. The Bertz CT molecular complexity index is 852. The first kappa shape index (κ1) is 14.7. The molecule has 3 aromatic rings. The normalized spacial score (nSPS) is 12.7. The zero-order valence-corrected chi connectivity index (χ0v) is 13.6. The highest BCUT2D eigenvalue weighted by molar-refractivity contribution is 7.09. The lowest BCUT2D eigenvalue weighted by Gasteiger charge is -2.12. The number of para-hydroxylation sites is 1. The van der Waals surface area contributed by atoms with Gasteiger partial charge in [0.15, 0.2) is 0 Å². The first-order chi connectivity index (χ1) is 10.5. The van der Waals surface area contributed by atoms with Crippen molar-refractivity contribution in [3.05, 3.63) is 50.7 Å². The van der Waals surface area contributed by atoms with E-state index in [0.717, 1.165) is 10.7 Å². The number of aromatic nitrogens is 3. The van der Waals surface area contributed by atoms with Gasteiger partial charge in [-0.3, -0.25) is 9.78 Å². The average Bonchev–Trinajstić information content (AvgIpc) is 2.97. The van der Waals surface area contributed by atoms with Crippen LogP contribution in [0.5, 0.6) is 0 Å². The number of nitrogens with zero attached hydrogens (tertiary/aromatic N) is 2. The van der Waals surface area contributed by atoms with E-state index in [9.17, 15) is 4.79 Å². The molecule has 0 spiro atoms. The minimum absolute atomic E-state index is 0.0203. The summed E-state index contributed by atoms with van der Waals surface area (Å²) in [6.07, 6.45) is 0. The maximum absolute atomic E-state index is 12.1. The Morgan fingerprint density at radius 1 is 1.18 bits per heavy atom. The van der Waals surface area contributed by atoms with Crippen molar-refractivity contribution in [1.82, 2.24) is 15.0 Å². The van der Waals surface area contributed by atoms with Gasteiger partial charge in [-0.1, -0.05) is 26.0 Å². The maximum atomic E-state index is 12.1. The third kappa shape index (κ3) is 2.87. The number of hydrogen-bond acceptors (Lipinski definition) is 5. The second kappa shape index (κ2) is 5.88. The quantitative estimate of drug-likeness (QED) is 0.770. The van der Waals surface area contributed by atoms with Crippen LogP contribution in [0, 0.1) is 0 Å². The average molecular weight is 314 g/mol. The molecule has 0 bridgehead atoms. The first-order valence-corrected chi connectivity index (χ1v) is 8.13. The van der Waals surface area contributed by atoms with Crippen LogP contribution in [0.3, 0.4) is 0 Å². The van der Waals surface area contributed by atoms with Crippen molar-refractivity contribution < 1.29 is 0 Å². The van der Waals surface area contributed by atoms with Crippen molar-refractivity contribution in [2.45, 2.75) is 32.7 Å². The standard InChI is InChI=1S/C16H18N4OS/c1-9(2)15-18-13(8-22-15)10(3)17-16-19-12-7-5-4-6-11(12)14(21)20-16/h4-10H,1-3H3,(H2,17,19,20,21). The van der Waals surface area contributed by atoms with E-state index in [1.54, 1.807) is 17.4 Å². The first-order valence-electron chi connectivity index (χ1n) is 7.25. The van der Waals surface area contributed by atoms with Crippen LogP contribution in [0.25, 0.3) is 10.9 Å². The highest BCUT2D eigenvalue weighted by atomic mass is 32.1. The zero-order valence-electron chi connectivity index (χ0n) is 12.8. The van der Waals surface area contributed by atoms with E-state index in [4.69, 9.17) is 0 Å². The van der Waals surface area contributed by atoms with Gasteiger partial charge in [0.05, 0.1) is 27.6 Å². The third-order valence-corrected chi connectivity index (χ3v) is 4.61. The number of anilines is 1. The molecule has 2 heterocycles. The van der Waals surface area contributed by atoms with Gasteiger partial charge in [-0.15, -0.1) is 11.3 Å². The lowest BCUT2D eigenvalue weighted by molar-refractivity contribution is 0.794. The van der Waals surface area contributed by atoms with Crippen LogP contribution in [-0.4, -0.2) is 15.0 Å². The van der Waals surface area contributed by atoms with Gasteiger partial charge in [0.25, 0.3) is 5.56 Å². The number of H-pyrrole nitrogens is 1. The highest BCUT2D eigenvalue weighted by Gasteiger charge is 2.13. The summed E-state index contributed by atoms with van der Waals surface area (Å²) in [7, 11) is 0. The molecule has 2 aromatic heterocycles. The zero-order chi connectivity index (χ0) is 15.7. The van der Waals surface area contributed by atoms with Gasteiger partial charge in [0.2, 0.25) is 5.95 Å². The lowest BCUT2D eigenvalue weighted by atomic mass is 10.2. The summed E-state index contributed by atoms with van der Waals surface area (Å²) in [4.78, 5) is 23.9. The minimum Gasteiger partial charge on any atom is -0.348 e. The van der Waals surface area contributed by atoms with Crippen LogP contribution in [0.2, 0.25) is 0 Å². The van der Waals surface area contributed by atoms with Gasteiger partial charge in [0, 0.05) is 11.3 Å². The van der Waals surface area contributed by atoms with Crippen molar-refractivity contribution >= 4 is 28.2 Å². The van der Waals surface area contributed by atoms with E-state index in [0.29, 0.717) is 22.8 Å². The molecule has 0 radical (unpaired) electrons. The van der Waals surface area contributed by atoms with E-state index >= 15 is 0 Å². The number of aromatic amines is 1. The molecule has 3 rings (SSSR count). The van der Waals surface area contributed by atoms with Crippen molar-refractivity contribution in [3.63, 3.8) is 0 Å². The second-order valence-corrected chi connectivity index (χ2v) is 6.45. The smallest absolute Gasteiger partial charge is 0.260 e. The summed E-state index contributed by atoms with van der Waals surface area (Å²) in [6.45, 7) is 6.26. The van der Waals surface area contributed by atoms with E-state index in [1.165, 1.54) is 0 Å². The van der Waals surface area contributed by atoms with Crippen LogP contribution < -0.4 is 10.9 Å². The number of benzene rings is 1. The molecule has 0 aliphatic heterocycles. The molecule has 1 unspecified atom stereocenters. The summed E-state index contributed by atoms with van der Waals surface area (Å²) in [6, 6.07) is 7.28. The maximum Gasteiger partial charge on any atom is 0.260 e. The molecule has 22 heavy (non-hydrogen) atoms. The van der Waals surface area contributed by atoms with Crippen molar-refractivity contribution in [2.24, 2.45) is 0 Å². The molecular formula is C16H18N4OS. The Labute approximate surface area is 132 Å². The van der Waals surface area contributed by atoms with Gasteiger partial charge in [-0.25, -0.2) is 9.97 Å². The topological polar surface area (TPSA) is 70.7 Å². The number of hydrogen-bond donors (Lipinski definition) is 2. The fourth-order valence-electron chi connectivity index (χ4n) is 2.20. The largest absolute Gasteiger partial charge is 0.348 e. The number of rotatable bonds is 4. The SMILES string of the molecule is CC(C)c1nc(C(C)Nc2nc3ccccc3c(=O)[nH]2)cs1. The molecule has 0 saturated heterocycles. The fourth-order valence-corrected chi connectivity index (χ4v) is 3.13. The summed E-state index contributed by atoms with van der Waals surface area (Å²) < 4.78 is 0. The van der Waals surface area contributed by atoms with E-state index in [2.05, 4.69) is 34.1 Å². The molecule has 5 nitrogen and oxygen atoms in total. The number of fused-ring (bicyclic) bond motifs is 1. The van der Waals surface area contributed by atoms with Crippen molar-refractivity contribution in [1.29, 1.82) is 0 Å². The Morgan fingerprint density at radius 3 is 2.68 bits per heavy atom.